The van der Waals surface area contributed by atoms with Crippen LogP contribution in [0.4, 0.5) is 0 Å². The molecule has 0 spiro atoms. The van der Waals surface area contributed by atoms with Gasteiger partial charge in [0.2, 0.25) is 0 Å². The van der Waals surface area contributed by atoms with Gasteiger partial charge in [-0.2, -0.15) is 0 Å². The van der Waals surface area contributed by atoms with E-state index in [9.17, 15) is 9.59 Å². The molecule has 0 aromatic heterocycles. The summed E-state index contributed by atoms with van der Waals surface area (Å²) < 4.78 is 5.64. The number of carbonyl (C=O) groups excluding carboxylic acids is 2. The highest BCUT2D eigenvalue weighted by atomic mass is 16.5. The molecular weight excluding hydrogens is 318 g/mol. The van der Waals surface area contributed by atoms with Crippen molar-refractivity contribution in [2.24, 2.45) is 0 Å². The highest BCUT2D eigenvalue weighted by Crippen LogP contribution is 2.13. The van der Waals surface area contributed by atoms with Crippen molar-refractivity contribution < 1.29 is 14.3 Å². The van der Waals surface area contributed by atoms with Gasteiger partial charge in [0, 0.05) is 45.8 Å². The Kier molecular flexibility index (Phi) is 5.71. The third-order valence-electron chi connectivity index (χ3n) is 4.80. The zero-order chi connectivity index (χ0) is 17.8. The second kappa shape index (κ2) is 7.97. The van der Waals surface area contributed by atoms with Gasteiger partial charge in [-0.1, -0.05) is 30.3 Å². The molecule has 3 rings (SSSR count). The van der Waals surface area contributed by atoms with E-state index in [4.69, 9.17) is 4.74 Å². The topological polar surface area (TPSA) is 53.1 Å². The quantitative estimate of drug-likeness (QED) is 0.750. The number of hydrogen-bond acceptors (Lipinski definition) is 4. The maximum absolute atomic E-state index is 12.6. The zero-order valence-corrected chi connectivity index (χ0v) is 15.1. The van der Waals surface area contributed by atoms with Crippen LogP contribution in [-0.2, 0) is 20.9 Å². The second-order valence-electron chi connectivity index (χ2n) is 7.02. The van der Waals surface area contributed by atoms with Crippen LogP contribution in [0.2, 0.25) is 0 Å². The highest BCUT2D eigenvalue weighted by Gasteiger charge is 2.33. The Bertz CT molecular complexity index is 589. The van der Waals surface area contributed by atoms with Gasteiger partial charge < -0.3 is 14.5 Å². The molecule has 6 nitrogen and oxygen atoms in total. The van der Waals surface area contributed by atoms with Gasteiger partial charge in [0.1, 0.15) is 0 Å². The molecule has 25 heavy (non-hydrogen) atoms. The van der Waals surface area contributed by atoms with Crippen LogP contribution in [0, 0.1) is 0 Å². The average Bonchev–Trinajstić information content (AvgIpc) is 2.61. The van der Waals surface area contributed by atoms with Crippen molar-refractivity contribution in [3.05, 3.63) is 35.9 Å². The number of amides is 2. The van der Waals surface area contributed by atoms with Crippen molar-refractivity contribution in [1.82, 2.24) is 14.7 Å². The number of rotatable bonds is 2. The lowest BCUT2D eigenvalue weighted by Crippen LogP contribution is -2.56. The predicted molar refractivity (Wildman–Crippen MR) is 94.9 cm³/mol. The van der Waals surface area contributed by atoms with E-state index in [2.05, 4.69) is 17.0 Å². The van der Waals surface area contributed by atoms with Gasteiger partial charge in [-0.15, -0.1) is 0 Å². The normalized spacial score (nSPS) is 25.0. The lowest BCUT2D eigenvalue weighted by molar-refractivity contribution is -0.159. The van der Waals surface area contributed by atoms with Gasteiger partial charge in [0.25, 0.3) is 0 Å². The van der Waals surface area contributed by atoms with Gasteiger partial charge in [-0.05, 0) is 19.4 Å². The average molecular weight is 345 g/mol. The summed E-state index contributed by atoms with van der Waals surface area (Å²) in [5, 5.41) is 0. The second-order valence-corrected chi connectivity index (χ2v) is 7.02. The Balaban J connectivity index is 1.50. The molecule has 0 radical (unpaired) electrons. The summed E-state index contributed by atoms with van der Waals surface area (Å²) in [4.78, 5) is 30.7. The first-order chi connectivity index (χ1) is 12.0. The van der Waals surface area contributed by atoms with Crippen LogP contribution in [0.25, 0.3) is 0 Å². The fourth-order valence-corrected chi connectivity index (χ4v) is 3.56. The van der Waals surface area contributed by atoms with Crippen molar-refractivity contribution in [3.63, 3.8) is 0 Å². The van der Waals surface area contributed by atoms with Gasteiger partial charge in [-0.25, -0.2) is 0 Å². The van der Waals surface area contributed by atoms with Crippen LogP contribution in [0.3, 0.4) is 0 Å². The van der Waals surface area contributed by atoms with E-state index < -0.39 is 5.91 Å². The van der Waals surface area contributed by atoms with Crippen LogP contribution in [0.5, 0.6) is 0 Å². The van der Waals surface area contributed by atoms with Crippen molar-refractivity contribution in [2.45, 2.75) is 32.6 Å². The number of ether oxygens (including phenoxy) is 1. The van der Waals surface area contributed by atoms with Crippen molar-refractivity contribution in [1.29, 1.82) is 0 Å². The zero-order valence-electron chi connectivity index (χ0n) is 15.1. The maximum atomic E-state index is 12.6. The molecule has 2 atom stereocenters. The first-order valence-corrected chi connectivity index (χ1v) is 9.03. The minimum Gasteiger partial charge on any atom is -0.372 e. The molecule has 2 fully saturated rings. The summed E-state index contributed by atoms with van der Waals surface area (Å²) >= 11 is 0. The molecule has 0 saturated carbocycles. The monoisotopic (exact) mass is 345 g/mol. The SMILES string of the molecule is CC1CN(C(=O)C(=O)N2CCN(Cc3ccccc3)CC2)CC(C)O1. The van der Waals surface area contributed by atoms with Crippen molar-refractivity contribution in [2.75, 3.05) is 39.3 Å². The van der Waals surface area contributed by atoms with E-state index in [0.717, 1.165) is 19.6 Å². The Morgan fingerprint density at radius 1 is 0.920 bits per heavy atom. The van der Waals surface area contributed by atoms with E-state index in [0.29, 0.717) is 26.2 Å². The summed E-state index contributed by atoms with van der Waals surface area (Å²) in [5.41, 5.74) is 1.27. The number of hydrogen-bond donors (Lipinski definition) is 0. The number of morpholine rings is 1. The first kappa shape index (κ1) is 17.9. The van der Waals surface area contributed by atoms with Crippen LogP contribution >= 0.6 is 0 Å². The Labute approximate surface area is 149 Å². The molecule has 2 aliphatic rings. The van der Waals surface area contributed by atoms with E-state index in [-0.39, 0.29) is 18.1 Å². The molecule has 1 aromatic rings. The number of piperazine rings is 1. The molecule has 0 N–H and O–H groups in total. The molecule has 136 valence electrons. The third-order valence-corrected chi connectivity index (χ3v) is 4.80. The fraction of sp³-hybridized carbons (Fsp3) is 0.579. The number of carbonyl (C=O) groups is 2. The van der Waals surface area contributed by atoms with Gasteiger partial charge in [0.05, 0.1) is 12.2 Å². The molecule has 0 bridgehead atoms. The van der Waals surface area contributed by atoms with Crippen LogP contribution in [0.15, 0.2) is 30.3 Å². The largest absolute Gasteiger partial charge is 0.372 e. The molecule has 2 aliphatic heterocycles. The lowest BCUT2D eigenvalue weighted by Gasteiger charge is -2.38. The number of benzene rings is 1. The van der Waals surface area contributed by atoms with Crippen LogP contribution in [-0.4, -0.2) is 78.0 Å². The molecule has 2 saturated heterocycles. The number of nitrogens with zero attached hydrogens (tertiary/aromatic N) is 3. The van der Waals surface area contributed by atoms with Crippen LogP contribution < -0.4 is 0 Å². The molecule has 0 aliphatic carbocycles. The van der Waals surface area contributed by atoms with E-state index >= 15 is 0 Å². The van der Waals surface area contributed by atoms with Crippen molar-refractivity contribution in [3.8, 4) is 0 Å². The van der Waals surface area contributed by atoms with Crippen LogP contribution in [0.1, 0.15) is 19.4 Å². The van der Waals surface area contributed by atoms with Crippen molar-refractivity contribution >= 4 is 11.8 Å². The molecule has 2 heterocycles. The van der Waals surface area contributed by atoms with E-state index in [1.165, 1.54) is 5.56 Å². The first-order valence-electron chi connectivity index (χ1n) is 9.03. The fourth-order valence-electron chi connectivity index (χ4n) is 3.56. The van der Waals surface area contributed by atoms with Gasteiger partial charge >= 0.3 is 11.8 Å². The highest BCUT2D eigenvalue weighted by molar-refractivity contribution is 6.34. The standard InChI is InChI=1S/C19H27N3O3/c1-15-12-22(13-16(2)25-15)19(24)18(23)21-10-8-20(9-11-21)14-17-6-4-3-5-7-17/h3-7,15-16H,8-14H2,1-2H3. The molecular formula is C19H27N3O3. The minimum absolute atomic E-state index is 0.0248. The third kappa shape index (κ3) is 4.58. The summed E-state index contributed by atoms with van der Waals surface area (Å²) in [6.07, 6.45) is -0.0496. The molecule has 1 aromatic carbocycles. The maximum Gasteiger partial charge on any atom is 0.312 e. The molecule has 2 unspecified atom stereocenters. The smallest absolute Gasteiger partial charge is 0.312 e. The van der Waals surface area contributed by atoms with E-state index in [1.54, 1.807) is 9.80 Å². The Morgan fingerprint density at radius 2 is 1.48 bits per heavy atom. The summed E-state index contributed by atoms with van der Waals surface area (Å²) in [5.74, 6) is -0.765. The molecule has 6 heteroatoms. The Morgan fingerprint density at radius 3 is 2.08 bits per heavy atom. The molecule has 2 amide bonds. The van der Waals surface area contributed by atoms with E-state index in [1.807, 2.05) is 32.0 Å². The minimum atomic E-state index is -0.390. The lowest BCUT2D eigenvalue weighted by atomic mass is 10.2. The predicted octanol–water partition coefficient (Wildman–Crippen LogP) is 0.967. The van der Waals surface area contributed by atoms with Gasteiger partial charge in [-0.3, -0.25) is 14.5 Å². The summed E-state index contributed by atoms with van der Waals surface area (Å²) in [7, 11) is 0. The summed E-state index contributed by atoms with van der Waals surface area (Å²) in [6.45, 7) is 8.53. The Hall–Kier alpha value is -1.92. The van der Waals surface area contributed by atoms with Gasteiger partial charge in [0.15, 0.2) is 0 Å². The summed E-state index contributed by atoms with van der Waals surface area (Å²) in [6, 6.07) is 10.3.